The molecule has 19 heteroatoms. The minimum absolute atomic E-state index is 0.339. The maximum Gasteiger partial charge on any atom is 0.340 e. The summed E-state index contributed by atoms with van der Waals surface area (Å²) in [5, 5.41) is 104. The zero-order valence-electron chi connectivity index (χ0n) is 22.6. The Bertz CT molecular complexity index is 1720. The second-order valence-electron chi connectivity index (χ2n) is 10.6. The Morgan fingerprint density at radius 3 is 2.11 bits per heavy atom. The molecule has 1 aliphatic carbocycles. The Labute approximate surface area is 253 Å². The van der Waals surface area contributed by atoms with Gasteiger partial charge in [-0.1, -0.05) is 0 Å². The van der Waals surface area contributed by atoms with Crippen LogP contribution >= 0.6 is 0 Å². The van der Waals surface area contributed by atoms with Crippen molar-refractivity contribution in [1.29, 1.82) is 0 Å². The first-order valence-corrected chi connectivity index (χ1v) is 13.0. The molecule has 4 aliphatic rings. The first-order chi connectivity index (χ1) is 21.5. The Morgan fingerprint density at radius 2 is 1.48 bits per heavy atom. The van der Waals surface area contributed by atoms with E-state index in [1.165, 1.54) is 0 Å². The fourth-order valence-corrected chi connectivity index (χ4v) is 5.62. The minimum atomic E-state index is -3.81. The smallest absolute Gasteiger partial charge is 0.340 e. The number of phenolic OH excluding ortho intramolecular Hbond substituents is 5. The van der Waals surface area contributed by atoms with E-state index < -0.39 is 135 Å². The van der Waals surface area contributed by atoms with Gasteiger partial charge in [-0.25, -0.2) is 14.4 Å². The van der Waals surface area contributed by atoms with Crippen LogP contribution in [-0.4, -0.2) is 124 Å². The summed E-state index contributed by atoms with van der Waals surface area (Å²) in [4.78, 5) is 52.8. The van der Waals surface area contributed by atoms with Crippen molar-refractivity contribution in [3.8, 4) is 34.5 Å². The van der Waals surface area contributed by atoms with Gasteiger partial charge in [0, 0.05) is 5.56 Å². The normalized spacial score (nSPS) is 31.0. The van der Waals surface area contributed by atoms with Gasteiger partial charge in [0.25, 0.3) is 11.6 Å². The maximum absolute atomic E-state index is 13.6. The number of hydrogen-bond acceptors (Lipinski definition) is 19. The van der Waals surface area contributed by atoms with Crippen molar-refractivity contribution in [3.63, 3.8) is 0 Å². The van der Waals surface area contributed by atoms with E-state index in [4.69, 9.17) is 23.7 Å². The maximum atomic E-state index is 13.6. The number of carbonyl (C=O) groups is 4. The number of hydrogen-bond donors (Lipinski definition) is 10. The molecule has 1 fully saturated rings. The van der Waals surface area contributed by atoms with Crippen molar-refractivity contribution >= 4 is 23.7 Å². The van der Waals surface area contributed by atoms with Crippen LogP contribution in [0, 0.1) is 0 Å². The fourth-order valence-electron chi connectivity index (χ4n) is 5.62. The summed E-state index contributed by atoms with van der Waals surface area (Å²) in [5.74, 6) is -21.9. The lowest BCUT2D eigenvalue weighted by molar-refractivity contribution is -0.323. The van der Waals surface area contributed by atoms with Crippen LogP contribution in [0.2, 0.25) is 0 Å². The van der Waals surface area contributed by atoms with E-state index in [0.29, 0.717) is 24.3 Å². The molecular formula is C27H22O19. The lowest BCUT2D eigenvalue weighted by Crippen LogP contribution is -2.66. The summed E-state index contributed by atoms with van der Waals surface area (Å²) in [6.45, 7) is -1.05. The van der Waals surface area contributed by atoms with E-state index in [9.17, 15) is 70.2 Å². The lowest BCUT2D eigenvalue weighted by atomic mass is 9.74. The predicted molar refractivity (Wildman–Crippen MR) is 136 cm³/mol. The van der Waals surface area contributed by atoms with Crippen LogP contribution in [0.25, 0.3) is 0 Å². The van der Waals surface area contributed by atoms with Crippen LogP contribution in [0.15, 0.2) is 29.8 Å². The fraction of sp³-hybridized carbons (Fsp3) is 0.333. The molecule has 2 aromatic carbocycles. The number of carbonyl (C=O) groups excluding carboxylic acids is 4. The number of ketones is 1. The highest BCUT2D eigenvalue weighted by atomic mass is 16.7. The molecule has 0 amide bonds. The second-order valence-corrected chi connectivity index (χ2v) is 10.6. The van der Waals surface area contributed by atoms with E-state index in [-0.39, 0.29) is 0 Å². The molecule has 244 valence electrons. The average Bonchev–Trinajstić information content (AvgIpc) is 3.32. The van der Waals surface area contributed by atoms with Crippen LogP contribution in [0.4, 0.5) is 0 Å². The number of aromatic hydroxyl groups is 5. The molecule has 1 saturated heterocycles. The molecular weight excluding hydrogens is 628 g/mol. The molecule has 3 aliphatic heterocycles. The average molecular weight is 650 g/mol. The second kappa shape index (κ2) is 10.2. The first-order valence-electron chi connectivity index (χ1n) is 13.0. The number of aliphatic hydroxyl groups is 5. The van der Waals surface area contributed by atoms with E-state index >= 15 is 0 Å². The SMILES string of the molecule is O=C1O[C@H]2[C@@H](O)[C@@H](OC(=O)c3cc(O)c(O)c4c3[C@@H]3C1=CC(=O)C(O)(O)[C@]3(O)O4)[C@H](OC(=O)c1cc(O)c(O)c(O)c1)O[C@@H]2CO. The number of phenols is 5. The van der Waals surface area contributed by atoms with Crippen LogP contribution < -0.4 is 4.74 Å². The predicted octanol–water partition coefficient (Wildman–Crippen LogP) is -3.04. The van der Waals surface area contributed by atoms with Gasteiger partial charge < -0.3 is 74.7 Å². The number of benzene rings is 2. The molecule has 7 atom stereocenters. The van der Waals surface area contributed by atoms with Crippen molar-refractivity contribution in [2.75, 3.05) is 6.61 Å². The van der Waals surface area contributed by atoms with Crippen molar-refractivity contribution in [2.24, 2.45) is 0 Å². The van der Waals surface area contributed by atoms with Gasteiger partial charge in [-0.2, -0.15) is 0 Å². The Hall–Kier alpha value is -5.18. The van der Waals surface area contributed by atoms with Crippen LogP contribution in [0.5, 0.6) is 34.5 Å². The molecule has 2 bridgehead atoms. The molecule has 6 rings (SSSR count). The monoisotopic (exact) mass is 650 g/mol. The minimum Gasteiger partial charge on any atom is -0.504 e. The molecule has 3 heterocycles. The quantitative estimate of drug-likeness (QED) is 0.0683. The van der Waals surface area contributed by atoms with Crippen LogP contribution in [0.3, 0.4) is 0 Å². The Morgan fingerprint density at radius 1 is 0.870 bits per heavy atom. The molecule has 0 aromatic heterocycles. The molecule has 19 nitrogen and oxygen atoms in total. The molecule has 0 spiro atoms. The molecule has 0 saturated carbocycles. The van der Waals surface area contributed by atoms with Gasteiger partial charge in [0.1, 0.15) is 12.2 Å². The molecule has 0 unspecified atom stereocenters. The zero-order valence-corrected chi connectivity index (χ0v) is 22.6. The third-order valence-corrected chi connectivity index (χ3v) is 7.92. The zero-order chi connectivity index (χ0) is 33.6. The van der Waals surface area contributed by atoms with Gasteiger partial charge in [0.05, 0.1) is 29.2 Å². The van der Waals surface area contributed by atoms with E-state index in [1.54, 1.807) is 0 Å². The summed E-state index contributed by atoms with van der Waals surface area (Å²) in [7, 11) is 0. The summed E-state index contributed by atoms with van der Waals surface area (Å²) in [5.41, 5.74) is -3.02. The third kappa shape index (κ3) is 4.21. The molecule has 2 aromatic rings. The highest BCUT2D eigenvalue weighted by Gasteiger charge is 2.70. The number of fused-ring (bicyclic) bond motifs is 2. The molecule has 10 N–H and O–H groups in total. The highest BCUT2D eigenvalue weighted by Crippen LogP contribution is 2.59. The van der Waals surface area contributed by atoms with Gasteiger partial charge in [-0.3, -0.25) is 4.79 Å². The standard InChI is InChI=1S/C27H22O19/c28-5-12-19-18(35)21(25(42-12)45-22(36)6-1-9(29)16(33)10(30)2-6)44-23(37)7-3-11(31)17(34)20-14(7)15-8(24(38)43-19)4-13(32)26(39,40)27(15,41)46-20/h1-4,12,15,18-19,21,25,28-31,33-35,39-41H,5H2/t12-,15+,18-,19-,21-,25+,27-/m1/s1. The Kier molecular flexibility index (Phi) is 6.82. The van der Waals surface area contributed by atoms with Gasteiger partial charge >= 0.3 is 17.9 Å². The van der Waals surface area contributed by atoms with Crippen LogP contribution in [0.1, 0.15) is 32.2 Å². The van der Waals surface area contributed by atoms with Crippen LogP contribution in [-0.2, 0) is 28.5 Å². The van der Waals surface area contributed by atoms with E-state index in [0.717, 1.165) is 0 Å². The van der Waals surface area contributed by atoms with Gasteiger partial charge in [-0.15, -0.1) is 0 Å². The number of esters is 3. The third-order valence-electron chi connectivity index (χ3n) is 7.92. The topological polar surface area (TPSA) is 317 Å². The molecule has 0 radical (unpaired) electrons. The van der Waals surface area contributed by atoms with E-state index in [2.05, 4.69) is 0 Å². The highest BCUT2D eigenvalue weighted by molar-refractivity contribution is 6.08. The van der Waals surface area contributed by atoms with Gasteiger partial charge in [-0.05, 0) is 24.3 Å². The summed E-state index contributed by atoms with van der Waals surface area (Å²) in [6.07, 6.45) is -9.88. The van der Waals surface area contributed by atoms with E-state index in [1.807, 2.05) is 0 Å². The summed E-state index contributed by atoms with van der Waals surface area (Å²) in [6, 6.07) is 1.92. The lowest BCUT2D eigenvalue weighted by Gasteiger charge is -2.43. The van der Waals surface area contributed by atoms with Gasteiger partial charge in [0.15, 0.2) is 41.0 Å². The van der Waals surface area contributed by atoms with Crippen molar-refractivity contribution in [1.82, 2.24) is 0 Å². The van der Waals surface area contributed by atoms with Gasteiger partial charge in [0.2, 0.25) is 17.8 Å². The van der Waals surface area contributed by atoms with Crippen molar-refractivity contribution in [3.05, 3.63) is 46.5 Å². The van der Waals surface area contributed by atoms with Crippen molar-refractivity contribution in [2.45, 2.75) is 48.2 Å². The Balaban J connectivity index is 1.48. The first kappa shape index (κ1) is 30.8. The number of aliphatic hydroxyl groups excluding tert-OH is 2. The van der Waals surface area contributed by atoms with Crippen molar-refractivity contribution < 1.29 is 93.9 Å². The largest absolute Gasteiger partial charge is 0.504 e. The summed E-state index contributed by atoms with van der Waals surface area (Å²) < 4.78 is 26.4. The number of rotatable bonds is 3. The number of ether oxygens (including phenoxy) is 5. The molecule has 46 heavy (non-hydrogen) atoms. The summed E-state index contributed by atoms with van der Waals surface area (Å²) >= 11 is 0.